The van der Waals surface area contributed by atoms with Crippen molar-refractivity contribution < 1.29 is 44.1 Å². The van der Waals surface area contributed by atoms with Gasteiger partial charge in [-0.2, -0.15) is 0 Å². The molecule has 0 radical (unpaired) electrons. The average molecular weight is 515 g/mol. The molecule has 0 bridgehead atoms. The second-order valence-corrected chi connectivity index (χ2v) is 9.21. The molecule has 13 heteroatoms. The number of hydrogen-bond acceptors (Lipinski definition) is 3. The van der Waals surface area contributed by atoms with Crippen molar-refractivity contribution >= 4 is 19.8 Å². The zero-order valence-corrected chi connectivity index (χ0v) is 19.6. The minimum atomic E-state index is -10.7. The number of nitrogens with zero attached hydrogens (tertiary/aromatic N) is 1. The monoisotopic (exact) mass is 515 g/mol. The van der Waals surface area contributed by atoms with Crippen molar-refractivity contribution in [2.24, 2.45) is 0 Å². The Kier molecular flexibility index (Phi) is 9.86. The van der Waals surface area contributed by atoms with E-state index in [1.165, 1.54) is 7.11 Å². The maximum absolute atomic E-state index is 12.3. The topological polar surface area (TPSA) is 71.3 Å². The second kappa shape index (κ2) is 11.5. The number of nitrogens with one attached hydrogen (secondary N) is 2. The Morgan fingerprint density at radius 2 is 1.59 bits per heavy atom. The van der Waals surface area contributed by atoms with Gasteiger partial charge in [-0.05, 0) is 5.56 Å². The van der Waals surface area contributed by atoms with Crippen LogP contribution in [-0.4, -0.2) is 25.2 Å². The van der Waals surface area contributed by atoms with E-state index in [-0.39, 0.29) is 0 Å². The summed E-state index contributed by atoms with van der Waals surface area (Å²) in [7, 11) is -9.34. The van der Waals surface area contributed by atoms with Gasteiger partial charge < -0.3 is 15.4 Å². The summed E-state index contributed by atoms with van der Waals surface area (Å²) in [4.78, 5) is 24.4. The molecule has 0 aliphatic rings. The van der Waals surface area contributed by atoms with Crippen LogP contribution in [0.25, 0.3) is 0 Å². The molecule has 2 aromatic rings. The number of hydrogen-bond donors (Lipinski definition) is 2. The van der Waals surface area contributed by atoms with Gasteiger partial charge >= 0.3 is 45.0 Å². The number of ether oxygens (including phenoxy) is 1. The third-order valence-corrected chi connectivity index (χ3v) is 4.29. The Bertz CT molecular complexity index is 933. The van der Waals surface area contributed by atoms with Crippen molar-refractivity contribution in [3.8, 4) is 0 Å². The predicted octanol–water partition coefficient (Wildman–Crippen LogP) is 5.74. The Labute approximate surface area is 193 Å². The Morgan fingerprint density at radius 1 is 1.00 bits per heavy atom. The summed E-state index contributed by atoms with van der Waals surface area (Å²) in [6, 6.07) is 14.3. The van der Waals surface area contributed by atoms with E-state index in [4.69, 9.17) is 4.74 Å². The maximum atomic E-state index is 12.3. The van der Waals surface area contributed by atoms with E-state index in [2.05, 4.69) is 22.1 Å². The summed E-state index contributed by atoms with van der Waals surface area (Å²) in [5, 5.41) is 5.55. The van der Waals surface area contributed by atoms with Crippen LogP contribution in [0.2, 0.25) is 0 Å². The molecule has 192 valence electrons. The number of carbonyl (C=O) groups excluding carboxylic acids is 2. The van der Waals surface area contributed by atoms with E-state index in [0.717, 1.165) is 30.6 Å². The summed E-state index contributed by atoms with van der Waals surface area (Å²) in [5.74, 6) is -0.466. The summed E-state index contributed by atoms with van der Waals surface area (Å²) in [6.45, 7) is 3.44. The molecule has 2 amide bonds. The molecule has 0 fully saturated rings. The van der Waals surface area contributed by atoms with Crippen LogP contribution in [0.5, 0.6) is 0 Å². The van der Waals surface area contributed by atoms with Gasteiger partial charge in [0.2, 0.25) is 5.69 Å². The molecule has 6 nitrogen and oxygen atoms in total. The molecule has 0 spiro atoms. The average Bonchev–Trinajstić information content (AvgIpc) is 2.74. The van der Waals surface area contributed by atoms with Crippen molar-refractivity contribution in [1.82, 2.24) is 10.6 Å². The Hall–Kier alpha value is -2.88. The fourth-order valence-electron chi connectivity index (χ4n) is 2.78. The van der Waals surface area contributed by atoms with E-state index in [1.807, 2.05) is 54.7 Å². The molecule has 0 unspecified atom stereocenters. The number of carbonyl (C=O) groups is 2. The summed E-state index contributed by atoms with van der Waals surface area (Å²) in [5.41, 5.74) is 1.97. The van der Waals surface area contributed by atoms with Gasteiger partial charge in [-0.15, -0.1) is 0 Å². The number of rotatable bonds is 9. The van der Waals surface area contributed by atoms with Gasteiger partial charge in [0.1, 0.15) is 19.1 Å². The van der Waals surface area contributed by atoms with Crippen molar-refractivity contribution in [2.75, 3.05) is 7.11 Å². The van der Waals surface area contributed by atoms with E-state index >= 15 is 0 Å². The summed E-state index contributed by atoms with van der Waals surface area (Å²) < 4.78 is 66.2. The fraction of sp³-hybridized carbons (Fsp3) is 0.381. The van der Waals surface area contributed by atoms with Gasteiger partial charge in [-0.25, -0.2) is 14.2 Å². The number of urea groups is 1. The third-order valence-electron chi connectivity index (χ3n) is 4.29. The zero-order chi connectivity index (χ0) is 25.9. The number of amides is 2. The van der Waals surface area contributed by atoms with E-state index in [1.54, 1.807) is 0 Å². The van der Waals surface area contributed by atoms with Gasteiger partial charge in [-0.3, -0.25) is 0 Å². The number of pyridine rings is 1. The minimum absolute atomic E-state index is 0.378. The molecule has 0 saturated carbocycles. The van der Waals surface area contributed by atoms with Crippen molar-refractivity contribution in [2.45, 2.75) is 45.3 Å². The first-order chi connectivity index (χ1) is 15.6. The first-order valence-electron chi connectivity index (χ1n) is 10.3. The molecular formula is C21H28F6N3O3P. The molecule has 1 atom stereocenters. The normalized spacial score (nSPS) is 13.9. The standard InChI is InChI=1S/C21H27N3O3.F6P/c1-3-4-13-24-14-9-8-12-18(24)16-22-21(26)23-19(20(25)27-2)15-17-10-6-5-7-11-17;1-7(2,3,4,5)6/h5-12,14,19H,3-4,13,15-16H2,1-2H3,(H-,22,23,26);/q;-1/p+1/t19-;/m0./s1. The Balaban J connectivity index is 0.000000718. The third kappa shape index (κ3) is 15.0. The van der Waals surface area contributed by atoms with Crippen molar-refractivity contribution in [3.05, 3.63) is 66.0 Å². The van der Waals surface area contributed by atoms with Crippen LogP contribution in [0.1, 0.15) is 31.0 Å². The van der Waals surface area contributed by atoms with Crippen LogP contribution in [0.3, 0.4) is 0 Å². The second-order valence-electron chi connectivity index (χ2n) is 7.29. The number of esters is 1. The molecule has 0 aliphatic heterocycles. The number of benzene rings is 1. The number of unbranched alkanes of at least 4 members (excludes halogenated alkanes) is 1. The Morgan fingerprint density at radius 3 is 2.15 bits per heavy atom. The molecule has 1 aromatic carbocycles. The van der Waals surface area contributed by atoms with Crippen LogP contribution >= 0.6 is 7.81 Å². The van der Waals surface area contributed by atoms with Gasteiger partial charge in [0.15, 0.2) is 6.20 Å². The van der Waals surface area contributed by atoms with Gasteiger partial charge in [0, 0.05) is 25.0 Å². The van der Waals surface area contributed by atoms with Crippen LogP contribution < -0.4 is 15.2 Å². The quantitative estimate of drug-likeness (QED) is 0.194. The van der Waals surface area contributed by atoms with Crippen LogP contribution in [0, 0.1) is 0 Å². The number of aromatic nitrogens is 1. The van der Waals surface area contributed by atoms with Crippen LogP contribution in [0.15, 0.2) is 54.7 Å². The molecule has 0 aliphatic carbocycles. The van der Waals surface area contributed by atoms with Gasteiger partial charge in [0.05, 0.1) is 7.11 Å². The summed E-state index contributed by atoms with van der Waals surface area (Å²) in [6.07, 6.45) is 4.57. The zero-order valence-electron chi connectivity index (χ0n) is 18.7. The van der Waals surface area contributed by atoms with E-state index in [9.17, 15) is 34.8 Å². The first kappa shape index (κ1) is 29.2. The van der Waals surface area contributed by atoms with Gasteiger partial charge in [0.25, 0.3) is 0 Å². The molecule has 1 aromatic heterocycles. The molecule has 2 rings (SSSR count). The molecule has 1 heterocycles. The molecule has 2 N–H and O–H groups in total. The van der Waals surface area contributed by atoms with E-state index in [0.29, 0.717) is 13.0 Å². The molecule has 0 saturated heterocycles. The fourth-order valence-corrected chi connectivity index (χ4v) is 2.78. The number of halogens is 6. The van der Waals surface area contributed by atoms with Gasteiger partial charge in [-0.1, -0.05) is 49.7 Å². The van der Waals surface area contributed by atoms with Crippen molar-refractivity contribution in [1.29, 1.82) is 0 Å². The predicted molar refractivity (Wildman–Crippen MR) is 116 cm³/mol. The first-order valence-corrected chi connectivity index (χ1v) is 12.3. The SMILES string of the molecule is CCCC[n+]1ccccc1CNC(=O)N[C@@H](Cc1ccccc1)C(=O)OC.F[P-](F)(F)(F)(F)F. The number of methoxy groups -OCH3 is 1. The van der Waals surface area contributed by atoms with Crippen molar-refractivity contribution in [3.63, 3.8) is 0 Å². The van der Waals surface area contributed by atoms with Crippen LogP contribution in [0.4, 0.5) is 30.0 Å². The molecule has 34 heavy (non-hydrogen) atoms. The van der Waals surface area contributed by atoms with Crippen LogP contribution in [-0.2, 0) is 29.0 Å². The number of aryl methyl sites for hydroxylation is 1. The summed E-state index contributed by atoms with van der Waals surface area (Å²) >= 11 is 0. The van der Waals surface area contributed by atoms with E-state index < -0.39 is 25.9 Å². The molecular weight excluding hydrogens is 487 g/mol.